The summed E-state index contributed by atoms with van der Waals surface area (Å²) in [6, 6.07) is 4.21. The number of rotatable bonds is 8. The van der Waals surface area contributed by atoms with Crippen LogP contribution in [0.5, 0.6) is 0 Å². The summed E-state index contributed by atoms with van der Waals surface area (Å²) in [4.78, 5) is 11.6. The van der Waals surface area contributed by atoms with E-state index in [1.165, 1.54) is 20.0 Å². The lowest BCUT2D eigenvalue weighted by molar-refractivity contribution is -0.143. The van der Waals surface area contributed by atoms with Crippen molar-refractivity contribution in [3.63, 3.8) is 0 Å². The van der Waals surface area contributed by atoms with Crippen LogP contribution in [0, 0.1) is 0 Å². The monoisotopic (exact) mass is 269 g/mol. The molecule has 1 atom stereocenters. The van der Waals surface area contributed by atoms with Gasteiger partial charge >= 0.3 is 5.97 Å². The number of carbonyl (C=O) groups is 1. The summed E-state index contributed by atoms with van der Waals surface area (Å²) in [5, 5.41) is 3.32. The highest BCUT2D eigenvalue weighted by atomic mass is 32.2. The molecule has 100 valence electrons. The van der Waals surface area contributed by atoms with Gasteiger partial charge in [-0.1, -0.05) is 0 Å². The van der Waals surface area contributed by atoms with Gasteiger partial charge in [0.05, 0.1) is 19.1 Å². The lowest BCUT2D eigenvalue weighted by Crippen LogP contribution is -2.39. The zero-order valence-corrected chi connectivity index (χ0v) is 11.4. The molecule has 4 nitrogen and oxygen atoms in total. The van der Waals surface area contributed by atoms with E-state index in [0.29, 0.717) is 6.04 Å². The molecule has 0 aliphatic heterocycles. The average Bonchev–Trinajstić information content (AvgIpc) is 3.05. The number of methoxy groups -OCH3 is 1. The number of carbonyl (C=O) groups excluding carboxylic acids is 1. The Balaban J connectivity index is 1.66. The Kier molecular flexibility index (Phi) is 5.13. The molecular weight excluding hydrogens is 250 g/mol. The summed E-state index contributed by atoms with van der Waals surface area (Å²) < 4.78 is 10.1. The van der Waals surface area contributed by atoms with Crippen molar-refractivity contribution < 1.29 is 13.9 Å². The molecule has 1 aliphatic carbocycles. The number of nitrogens with one attached hydrogen (secondary N) is 1. The van der Waals surface area contributed by atoms with Crippen molar-refractivity contribution in [3.05, 3.63) is 24.2 Å². The fourth-order valence-electron chi connectivity index (χ4n) is 1.71. The normalized spacial score (nSPS) is 16.5. The minimum Gasteiger partial charge on any atom is -0.468 e. The fraction of sp³-hybridized carbons (Fsp3) is 0.615. The third kappa shape index (κ3) is 4.38. The van der Waals surface area contributed by atoms with Crippen molar-refractivity contribution in [1.29, 1.82) is 0 Å². The molecular formula is C13H19NO3S. The molecule has 1 N–H and O–H groups in total. The van der Waals surface area contributed by atoms with Gasteiger partial charge < -0.3 is 14.5 Å². The molecule has 1 unspecified atom stereocenters. The highest BCUT2D eigenvalue weighted by molar-refractivity contribution is 7.98. The molecule has 2 rings (SSSR count). The van der Waals surface area contributed by atoms with E-state index in [4.69, 9.17) is 9.15 Å². The van der Waals surface area contributed by atoms with Crippen LogP contribution in [-0.4, -0.2) is 30.9 Å². The van der Waals surface area contributed by atoms with E-state index in [2.05, 4.69) is 5.32 Å². The minimum absolute atomic E-state index is 0.152. The predicted molar refractivity (Wildman–Crippen MR) is 71.4 cm³/mol. The Hall–Kier alpha value is -0.940. The van der Waals surface area contributed by atoms with E-state index >= 15 is 0 Å². The van der Waals surface area contributed by atoms with Crippen LogP contribution >= 0.6 is 11.8 Å². The first kappa shape index (κ1) is 13.5. The topological polar surface area (TPSA) is 51.5 Å². The Morgan fingerprint density at radius 1 is 1.67 bits per heavy atom. The number of hydrogen-bond acceptors (Lipinski definition) is 5. The molecule has 0 amide bonds. The van der Waals surface area contributed by atoms with Crippen molar-refractivity contribution in [2.45, 2.75) is 37.1 Å². The van der Waals surface area contributed by atoms with Gasteiger partial charge in [0, 0.05) is 6.04 Å². The second-order valence-corrected chi connectivity index (χ2v) is 5.54. The van der Waals surface area contributed by atoms with Crippen LogP contribution in [0.2, 0.25) is 0 Å². The molecule has 1 aromatic heterocycles. The SMILES string of the molecule is COC(=O)C(CCSCc1ccco1)NC1CC1. The van der Waals surface area contributed by atoms with Gasteiger partial charge in [0.1, 0.15) is 11.8 Å². The minimum atomic E-state index is -0.161. The van der Waals surface area contributed by atoms with Gasteiger partial charge in [-0.25, -0.2) is 0 Å². The highest BCUT2D eigenvalue weighted by Gasteiger charge is 2.28. The summed E-state index contributed by atoms with van der Waals surface area (Å²) in [6.07, 6.45) is 4.83. The summed E-state index contributed by atoms with van der Waals surface area (Å²) in [5.41, 5.74) is 0. The standard InChI is InChI=1S/C13H19NO3S/c1-16-13(15)12(14-10-4-5-10)6-8-18-9-11-3-2-7-17-11/h2-3,7,10,12,14H,4-6,8-9H2,1H3. The van der Waals surface area contributed by atoms with Gasteiger partial charge in [0.2, 0.25) is 0 Å². The number of furan rings is 1. The first-order valence-electron chi connectivity index (χ1n) is 6.23. The van der Waals surface area contributed by atoms with Gasteiger partial charge in [-0.2, -0.15) is 11.8 Å². The van der Waals surface area contributed by atoms with Crippen molar-refractivity contribution in [1.82, 2.24) is 5.32 Å². The second kappa shape index (κ2) is 6.85. The van der Waals surface area contributed by atoms with Gasteiger partial charge in [-0.3, -0.25) is 4.79 Å². The maximum atomic E-state index is 11.6. The molecule has 0 aromatic carbocycles. The van der Waals surface area contributed by atoms with Gasteiger partial charge in [-0.15, -0.1) is 0 Å². The van der Waals surface area contributed by atoms with Crippen LogP contribution in [0.1, 0.15) is 25.0 Å². The van der Waals surface area contributed by atoms with Crippen LogP contribution in [0.4, 0.5) is 0 Å². The zero-order chi connectivity index (χ0) is 12.8. The number of esters is 1. The smallest absolute Gasteiger partial charge is 0.322 e. The van der Waals surface area contributed by atoms with E-state index in [1.807, 2.05) is 12.1 Å². The summed E-state index contributed by atoms with van der Waals surface area (Å²) in [6.45, 7) is 0. The summed E-state index contributed by atoms with van der Waals surface area (Å²) in [7, 11) is 1.44. The zero-order valence-electron chi connectivity index (χ0n) is 10.6. The quantitative estimate of drug-likeness (QED) is 0.579. The lowest BCUT2D eigenvalue weighted by Gasteiger charge is -2.15. The third-order valence-corrected chi connectivity index (χ3v) is 3.89. The largest absolute Gasteiger partial charge is 0.468 e. The Bertz CT molecular complexity index is 362. The molecule has 1 fully saturated rings. The Morgan fingerprint density at radius 2 is 2.50 bits per heavy atom. The molecule has 1 aliphatic rings. The van der Waals surface area contributed by atoms with Gasteiger partial charge in [0.15, 0.2) is 0 Å². The first-order chi connectivity index (χ1) is 8.79. The first-order valence-corrected chi connectivity index (χ1v) is 7.39. The molecule has 0 saturated heterocycles. The van der Waals surface area contributed by atoms with Gasteiger partial charge in [-0.05, 0) is 37.1 Å². The number of hydrogen-bond donors (Lipinski definition) is 1. The molecule has 18 heavy (non-hydrogen) atoms. The van der Waals surface area contributed by atoms with Crippen LogP contribution < -0.4 is 5.32 Å². The Labute approximate surface area is 111 Å². The molecule has 1 saturated carbocycles. The summed E-state index contributed by atoms with van der Waals surface area (Å²) in [5.74, 6) is 2.59. The third-order valence-electron chi connectivity index (χ3n) is 2.88. The second-order valence-electron chi connectivity index (χ2n) is 4.44. The maximum absolute atomic E-state index is 11.6. The highest BCUT2D eigenvalue weighted by Crippen LogP contribution is 2.21. The van der Waals surface area contributed by atoms with Crippen LogP contribution in [0.3, 0.4) is 0 Å². The van der Waals surface area contributed by atoms with Gasteiger partial charge in [0.25, 0.3) is 0 Å². The van der Waals surface area contributed by atoms with E-state index < -0.39 is 0 Å². The molecule has 1 heterocycles. The number of thioether (sulfide) groups is 1. The maximum Gasteiger partial charge on any atom is 0.322 e. The van der Waals surface area contributed by atoms with Crippen LogP contribution in [-0.2, 0) is 15.3 Å². The number of ether oxygens (including phenoxy) is 1. The fourth-order valence-corrected chi connectivity index (χ4v) is 2.63. The molecule has 0 spiro atoms. The molecule has 0 radical (unpaired) electrons. The predicted octanol–water partition coefficient (Wildman–Crippen LogP) is 2.20. The van der Waals surface area contributed by atoms with Crippen LogP contribution in [0.25, 0.3) is 0 Å². The van der Waals surface area contributed by atoms with Crippen molar-refractivity contribution in [2.24, 2.45) is 0 Å². The van der Waals surface area contributed by atoms with E-state index in [-0.39, 0.29) is 12.0 Å². The van der Waals surface area contributed by atoms with Crippen molar-refractivity contribution >= 4 is 17.7 Å². The van der Waals surface area contributed by atoms with Crippen molar-refractivity contribution in [3.8, 4) is 0 Å². The lowest BCUT2D eigenvalue weighted by atomic mass is 10.2. The van der Waals surface area contributed by atoms with E-state index in [0.717, 1.165) is 23.7 Å². The molecule has 1 aromatic rings. The van der Waals surface area contributed by atoms with Crippen LogP contribution in [0.15, 0.2) is 22.8 Å². The summed E-state index contributed by atoms with van der Waals surface area (Å²) >= 11 is 1.77. The van der Waals surface area contributed by atoms with E-state index in [1.54, 1.807) is 18.0 Å². The molecule has 5 heteroatoms. The molecule has 0 bridgehead atoms. The van der Waals surface area contributed by atoms with E-state index in [9.17, 15) is 4.79 Å². The van der Waals surface area contributed by atoms with Crippen molar-refractivity contribution in [2.75, 3.05) is 12.9 Å². The average molecular weight is 269 g/mol. The Morgan fingerprint density at radius 3 is 3.11 bits per heavy atom.